The molecule has 32 heavy (non-hydrogen) atoms. The maximum Gasteiger partial charge on any atom is 0.262 e. The van der Waals surface area contributed by atoms with Crippen molar-refractivity contribution in [1.82, 2.24) is 0 Å². The van der Waals surface area contributed by atoms with Crippen molar-refractivity contribution >= 4 is 55.0 Å². The zero-order valence-electron chi connectivity index (χ0n) is 18.0. The van der Waals surface area contributed by atoms with Crippen molar-refractivity contribution in [3.8, 4) is 5.75 Å². The number of halogens is 2. The van der Waals surface area contributed by atoms with Gasteiger partial charge in [0, 0.05) is 21.4 Å². The second-order valence-corrected chi connectivity index (χ2v) is 10.0. The molecule has 7 heteroatoms. The molecule has 0 heterocycles. The van der Waals surface area contributed by atoms with Crippen molar-refractivity contribution in [3.63, 3.8) is 0 Å². The number of rotatable bonds is 6. The predicted octanol–water partition coefficient (Wildman–Crippen LogP) is 6.78. The van der Waals surface area contributed by atoms with Crippen molar-refractivity contribution in [2.24, 2.45) is 0 Å². The van der Waals surface area contributed by atoms with Crippen LogP contribution in [0.4, 0.5) is 11.4 Å². The minimum absolute atomic E-state index is 0.0265. The summed E-state index contributed by atoms with van der Waals surface area (Å²) in [5, 5.41) is 5.65. The van der Waals surface area contributed by atoms with Gasteiger partial charge in [-0.25, -0.2) is 0 Å². The Labute approximate surface area is 204 Å². The van der Waals surface area contributed by atoms with Gasteiger partial charge in [-0.05, 0) is 75.4 Å². The molecule has 3 aromatic carbocycles. The highest BCUT2D eigenvalue weighted by atomic mass is 79.9. The van der Waals surface area contributed by atoms with Crippen LogP contribution < -0.4 is 15.4 Å². The van der Waals surface area contributed by atoms with E-state index in [9.17, 15) is 9.59 Å². The first kappa shape index (κ1) is 24.0. The third-order valence-electron chi connectivity index (χ3n) is 4.67. The van der Waals surface area contributed by atoms with Crippen molar-refractivity contribution in [1.29, 1.82) is 0 Å². The number of carbonyl (C=O) groups is 2. The summed E-state index contributed by atoms with van der Waals surface area (Å²) in [4.78, 5) is 24.9. The van der Waals surface area contributed by atoms with Gasteiger partial charge in [0.15, 0.2) is 6.61 Å². The number of ether oxygens (including phenoxy) is 1. The first-order valence-electron chi connectivity index (χ1n) is 10.0. The third kappa shape index (κ3) is 6.68. The van der Waals surface area contributed by atoms with Gasteiger partial charge in [-0.15, -0.1) is 0 Å². The summed E-state index contributed by atoms with van der Waals surface area (Å²) in [6.45, 7) is 6.25. The molecule has 0 saturated carbocycles. The molecule has 0 aromatic heterocycles. The summed E-state index contributed by atoms with van der Waals surface area (Å²) >= 11 is 6.78. The largest absolute Gasteiger partial charge is 0.483 e. The smallest absolute Gasteiger partial charge is 0.262 e. The number of amides is 2. The van der Waals surface area contributed by atoms with Gasteiger partial charge in [-0.2, -0.15) is 0 Å². The Kier molecular flexibility index (Phi) is 7.74. The van der Waals surface area contributed by atoms with E-state index in [-0.39, 0.29) is 23.8 Å². The quantitative estimate of drug-likeness (QED) is 0.350. The molecule has 2 amide bonds. The minimum Gasteiger partial charge on any atom is -0.483 e. The Hall–Kier alpha value is -2.64. The molecule has 0 radical (unpaired) electrons. The molecule has 5 nitrogen and oxygen atoms in total. The molecule has 3 aromatic rings. The molecule has 0 aliphatic heterocycles. The van der Waals surface area contributed by atoms with Crippen LogP contribution in [0, 0.1) is 0 Å². The van der Waals surface area contributed by atoms with Gasteiger partial charge in [0.1, 0.15) is 5.75 Å². The van der Waals surface area contributed by atoms with E-state index >= 15 is 0 Å². The lowest BCUT2D eigenvalue weighted by atomic mass is 9.87. The summed E-state index contributed by atoms with van der Waals surface area (Å²) < 4.78 is 7.22. The van der Waals surface area contributed by atoms with Gasteiger partial charge in [-0.3, -0.25) is 9.59 Å². The number of anilines is 2. The van der Waals surface area contributed by atoms with Crippen LogP contribution >= 0.6 is 31.9 Å². The van der Waals surface area contributed by atoms with Crippen molar-refractivity contribution < 1.29 is 14.3 Å². The third-order valence-corrected chi connectivity index (χ3v) is 5.78. The Morgan fingerprint density at radius 1 is 0.875 bits per heavy atom. The lowest BCUT2D eigenvalue weighted by Gasteiger charge is -2.19. The molecule has 0 aliphatic rings. The topological polar surface area (TPSA) is 67.4 Å². The molecule has 0 atom stereocenters. The molecule has 3 rings (SSSR count). The van der Waals surface area contributed by atoms with Crippen LogP contribution in [0.15, 0.2) is 75.7 Å². The van der Waals surface area contributed by atoms with Gasteiger partial charge < -0.3 is 15.4 Å². The Balaban J connectivity index is 1.58. The fraction of sp³-hybridized carbons (Fsp3) is 0.200. The second kappa shape index (κ2) is 10.3. The Morgan fingerprint density at radius 2 is 1.53 bits per heavy atom. The van der Waals surface area contributed by atoms with E-state index in [2.05, 4.69) is 63.3 Å². The molecule has 2 N–H and O–H groups in total. The average Bonchev–Trinajstić information content (AvgIpc) is 2.73. The van der Waals surface area contributed by atoms with E-state index in [1.165, 1.54) is 0 Å². The number of carbonyl (C=O) groups excluding carboxylic acids is 2. The lowest BCUT2D eigenvalue weighted by Crippen LogP contribution is -2.20. The molecule has 0 bridgehead atoms. The monoisotopic (exact) mass is 558 g/mol. The first-order valence-corrected chi connectivity index (χ1v) is 11.6. The van der Waals surface area contributed by atoms with E-state index < -0.39 is 0 Å². The van der Waals surface area contributed by atoms with E-state index in [4.69, 9.17) is 4.74 Å². The fourth-order valence-corrected chi connectivity index (χ4v) is 4.09. The second-order valence-electron chi connectivity index (χ2n) is 8.27. The normalized spacial score (nSPS) is 11.0. The van der Waals surface area contributed by atoms with Crippen LogP contribution in [0.1, 0.15) is 36.7 Å². The number of hydrogen-bond acceptors (Lipinski definition) is 3. The summed E-state index contributed by atoms with van der Waals surface area (Å²) in [6, 6.07) is 20.0. The summed E-state index contributed by atoms with van der Waals surface area (Å²) in [7, 11) is 0. The maximum atomic E-state index is 12.6. The van der Waals surface area contributed by atoms with Crippen LogP contribution in [0.2, 0.25) is 0 Å². The van der Waals surface area contributed by atoms with Crippen molar-refractivity contribution in [2.75, 3.05) is 17.2 Å². The number of benzene rings is 3. The molecule has 166 valence electrons. The average molecular weight is 560 g/mol. The van der Waals surface area contributed by atoms with E-state index in [1.807, 2.05) is 36.4 Å². The zero-order chi connectivity index (χ0) is 23.3. The van der Waals surface area contributed by atoms with Gasteiger partial charge in [-0.1, -0.05) is 54.9 Å². The lowest BCUT2D eigenvalue weighted by molar-refractivity contribution is -0.118. The molecule has 0 saturated heterocycles. The highest BCUT2D eigenvalue weighted by Gasteiger charge is 2.14. The van der Waals surface area contributed by atoms with Gasteiger partial charge in [0.2, 0.25) is 0 Å². The SMILES string of the molecule is CC(C)(C)c1ccc(C(=O)Nc2cccc(NC(=O)COc3ccc(Br)cc3Br)c2)cc1. The highest BCUT2D eigenvalue weighted by molar-refractivity contribution is 9.11. The molecule has 0 unspecified atom stereocenters. The number of hydrogen-bond donors (Lipinski definition) is 2. The van der Waals surface area contributed by atoms with Gasteiger partial charge in [0.05, 0.1) is 4.47 Å². The molecular weight excluding hydrogens is 536 g/mol. The van der Waals surface area contributed by atoms with Gasteiger partial charge in [0.25, 0.3) is 11.8 Å². The Morgan fingerprint density at radius 3 is 2.16 bits per heavy atom. The van der Waals surface area contributed by atoms with Crippen LogP contribution in [-0.4, -0.2) is 18.4 Å². The molecule has 0 fully saturated rings. The summed E-state index contributed by atoms with van der Waals surface area (Å²) in [5.41, 5.74) is 2.91. The standard InChI is InChI=1S/C25H24Br2N2O3/c1-25(2,3)17-9-7-16(8-10-17)24(31)29-20-6-4-5-19(14-20)28-23(30)15-32-22-12-11-18(26)13-21(22)27/h4-14H,15H2,1-3H3,(H,28,30)(H,29,31). The van der Waals surface area contributed by atoms with E-state index in [0.717, 1.165) is 14.5 Å². The summed E-state index contributed by atoms with van der Waals surface area (Å²) in [5.74, 6) is 0.0558. The molecular formula is C25H24Br2N2O3. The Bertz CT molecular complexity index is 1120. The van der Waals surface area contributed by atoms with Crippen LogP contribution in [0.25, 0.3) is 0 Å². The van der Waals surface area contributed by atoms with Crippen LogP contribution in [-0.2, 0) is 10.2 Å². The maximum absolute atomic E-state index is 12.6. The van der Waals surface area contributed by atoms with Crippen LogP contribution in [0.5, 0.6) is 5.75 Å². The molecule has 0 spiro atoms. The summed E-state index contributed by atoms with van der Waals surface area (Å²) in [6.07, 6.45) is 0. The first-order chi connectivity index (χ1) is 15.1. The van der Waals surface area contributed by atoms with Crippen LogP contribution in [0.3, 0.4) is 0 Å². The van der Waals surface area contributed by atoms with Gasteiger partial charge >= 0.3 is 0 Å². The van der Waals surface area contributed by atoms with E-state index in [0.29, 0.717) is 22.7 Å². The fourth-order valence-electron chi connectivity index (χ4n) is 2.93. The van der Waals surface area contributed by atoms with E-state index in [1.54, 1.807) is 30.3 Å². The highest BCUT2D eigenvalue weighted by Crippen LogP contribution is 2.28. The molecule has 0 aliphatic carbocycles. The van der Waals surface area contributed by atoms with Crippen molar-refractivity contribution in [3.05, 3.63) is 86.8 Å². The number of nitrogens with one attached hydrogen (secondary N) is 2. The minimum atomic E-state index is -0.305. The van der Waals surface area contributed by atoms with Crippen molar-refractivity contribution in [2.45, 2.75) is 26.2 Å². The predicted molar refractivity (Wildman–Crippen MR) is 136 cm³/mol. The zero-order valence-corrected chi connectivity index (χ0v) is 21.2.